The van der Waals surface area contributed by atoms with Crippen LogP contribution in [0.5, 0.6) is 0 Å². The van der Waals surface area contributed by atoms with Crippen LogP contribution in [-0.2, 0) is 43.7 Å². The maximum atomic E-state index is 6.53. The summed E-state index contributed by atoms with van der Waals surface area (Å²) in [5, 5.41) is 0. The number of hydrogen-bond donors (Lipinski definition) is 0. The molecule has 206 valence electrons. The summed E-state index contributed by atoms with van der Waals surface area (Å²) in [5.41, 5.74) is 4.04. The van der Waals surface area contributed by atoms with E-state index in [4.69, 9.17) is 37.9 Å². The number of fused-ring (bicyclic) bond motifs is 3. The lowest BCUT2D eigenvalue weighted by atomic mass is 10.0. The molecule has 0 N–H and O–H groups in total. The highest BCUT2D eigenvalue weighted by Crippen LogP contribution is 2.51. The average molecular weight is 648 g/mol. The van der Waals surface area contributed by atoms with Crippen LogP contribution in [0.3, 0.4) is 0 Å². The van der Waals surface area contributed by atoms with Crippen LogP contribution in [0, 0.1) is 0 Å². The SMILES string of the molecule is COCCOCCOCCOC1(OCCOCCOCCOC)c2cc(Br)ccc2-c2ccc(Br)cc21. The first-order valence-corrected chi connectivity index (χ1v) is 13.9. The third-order valence-electron chi connectivity index (χ3n) is 5.64. The van der Waals surface area contributed by atoms with E-state index in [1.165, 1.54) is 0 Å². The number of benzene rings is 2. The summed E-state index contributed by atoms with van der Waals surface area (Å²) in [6.45, 7) is 5.67. The molecular weight excluding hydrogens is 612 g/mol. The van der Waals surface area contributed by atoms with Gasteiger partial charge in [0.05, 0.1) is 79.3 Å². The Balaban J connectivity index is 1.64. The zero-order chi connectivity index (χ0) is 26.3. The molecule has 0 radical (unpaired) electrons. The van der Waals surface area contributed by atoms with Crippen molar-refractivity contribution >= 4 is 31.9 Å². The van der Waals surface area contributed by atoms with E-state index in [1.54, 1.807) is 14.2 Å². The molecule has 0 saturated carbocycles. The Hall–Kier alpha value is -0.920. The van der Waals surface area contributed by atoms with Crippen LogP contribution in [-0.4, -0.2) is 93.5 Å². The van der Waals surface area contributed by atoms with Crippen molar-refractivity contribution in [1.82, 2.24) is 0 Å². The standard InChI is InChI=1S/C27H36Br2O8/c1-30-7-9-32-11-13-34-15-17-36-27(37-18-16-35-14-12-33-10-8-31-2)25-19-21(28)3-5-23(25)24-6-4-22(29)20-26(24)27/h3-6,19-20H,7-18H2,1-2H3. The summed E-state index contributed by atoms with van der Waals surface area (Å²) in [4.78, 5) is 0. The second kappa shape index (κ2) is 16.9. The Morgan fingerprint density at radius 2 is 0.865 bits per heavy atom. The minimum atomic E-state index is -1.09. The molecule has 0 saturated heterocycles. The van der Waals surface area contributed by atoms with Gasteiger partial charge < -0.3 is 37.9 Å². The fraction of sp³-hybridized carbons (Fsp3) is 0.556. The van der Waals surface area contributed by atoms with Crippen molar-refractivity contribution in [2.75, 3.05) is 93.5 Å². The zero-order valence-electron chi connectivity index (χ0n) is 21.5. The highest BCUT2D eigenvalue weighted by Gasteiger charge is 2.46. The molecule has 0 bridgehead atoms. The summed E-state index contributed by atoms with van der Waals surface area (Å²) >= 11 is 7.23. The predicted octanol–water partition coefficient (Wildman–Crippen LogP) is 4.79. The summed E-state index contributed by atoms with van der Waals surface area (Å²) in [6, 6.07) is 12.3. The van der Waals surface area contributed by atoms with Gasteiger partial charge in [-0.2, -0.15) is 0 Å². The first-order chi connectivity index (χ1) is 18.1. The van der Waals surface area contributed by atoms with Crippen molar-refractivity contribution in [3.63, 3.8) is 0 Å². The second-order valence-electron chi connectivity index (χ2n) is 8.13. The highest BCUT2D eigenvalue weighted by atomic mass is 79.9. The third kappa shape index (κ3) is 9.06. The van der Waals surface area contributed by atoms with E-state index in [1.807, 2.05) is 12.1 Å². The average Bonchev–Trinajstić information content (AvgIpc) is 3.15. The molecule has 0 heterocycles. The zero-order valence-corrected chi connectivity index (χ0v) is 24.6. The van der Waals surface area contributed by atoms with Crippen molar-refractivity contribution in [1.29, 1.82) is 0 Å². The normalized spacial score (nSPS) is 13.6. The largest absolute Gasteiger partial charge is 0.382 e. The van der Waals surface area contributed by atoms with E-state index in [0.717, 1.165) is 31.2 Å². The maximum Gasteiger partial charge on any atom is 0.223 e. The topological polar surface area (TPSA) is 73.8 Å². The van der Waals surface area contributed by atoms with Gasteiger partial charge in [0.25, 0.3) is 0 Å². The van der Waals surface area contributed by atoms with Crippen LogP contribution in [0.2, 0.25) is 0 Å². The number of rotatable bonds is 20. The molecule has 3 rings (SSSR count). The lowest BCUT2D eigenvalue weighted by molar-refractivity contribution is -0.226. The van der Waals surface area contributed by atoms with E-state index in [2.05, 4.69) is 56.1 Å². The van der Waals surface area contributed by atoms with E-state index < -0.39 is 5.79 Å². The molecule has 1 aliphatic rings. The van der Waals surface area contributed by atoms with Crippen LogP contribution >= 0.6 is 31.9 Å². The molecule has 0 amide bonds. The molecule has 0 aliphatic heterocycles. The van der Waals surface area contributed by atoms with Gasteiger partial charge in [-0.25, -0.2) is 0 Å². The van der Waals surface area contributed by atoms with Gasteiger partial charge in [-0.3, -0.25) is 0 Å². The Labute approximate surface area is 236 Å². The predicted molar refractivity (Wildman–Crippen MR) is 147 cm³/mol. The summed E-state index contributed by atoms with van der Waals surface area (Å²) in [6.07, 6.45) is 0. The molecule has 0 unspecified atom stereocenters. The van der Waals surface area contributed by atoms with Gasteiger partial charge in [0, 0.05) is 34.3 Å². The lowest BCUT2D eigenvalue weighted by Gasteiger charge is -2.32. The van der Waals surface area contributed by atoms with Crippen LogP contribution < -0.4 is 0 Å². The first-order valence-electron chi connectivity index (χ1n) is 12.3. The van der Waals surface area contributed by atoms with Gasteiger partial charge in [0.1, 0.15) is 0 Å². The molecule has 2 aromatic carbocycles. The molecule has 10 heteroatoms. The quantitative estimate of drug-likeness (QED) is 0.150. The minimum absolute atomic E-state index is 0.337. The maximum absolute atomic E-state index is 6.53. The van der Waals surface area contributed by atoms with Gasteiger partial charge in [-0.15, -0.1) is 0 Å². The van der Waals surface area contributed by atoms with E-state index in [0.29, 0.717) is 79.3 Å². The first kappa shape index (κ1) is 30.6. The Bertz CT molecular complexity index is 867. The van der Waals surface area contributed by atoms with Crippen molar-refractivity contribution < 1.29 is 37.9 Å². The van der Waals surface area contributed by atoms with Gasteiger partial charge in [0.2, 0.25) is 5.79 Å². The number of halogens is 2. The number of hydrogen-bond acceptors (Lipinski definition) is 8. The van der Waals surface area contributed by atoms with Crippen molar-refractivity contribution in [3.05, 3.63) is 56.5 Å². The molecule has 0 fully saturated rings. The fourth-order valence-electron chi connectivity index (χ4n) is 3.96. The summed E-state index contributed by atoms with van der Waals surface area (Å²) in [5.74, 6) is -1.09. The van der Waals surface area contributed by atoms with E-state index >= 15 is 0 Å². The molecule has 8 nitrogen and oxygen atoms in total. The van der Waals surface area contributed by atoms with Gasteiger partial charge in [-0.05, 0) is 35.4 Å². The molecule has 0 atom stereocenters. The van der Waals surface area contributed by atoms with E-state index in [9.17, 15) is 0 Å². The lowest BCUT2D eigenvalue weighted by Crippen LogP contribution is -2.35. The van der Waals surface area contributed by atoms with E-state index in [-0.39, 0.29) is 0 Å². The third-order valence-corrected chi connectivity index (χ3v) is 6.62. The monoisotopic (exact) mass is 646 g/mol. The number of methoxy groups -OCH3 is 2. The smallest absolute Gasteiger partial charge is 0.223 e. The Morgan fingerprint density at radius 3 is 1.24 bits per heavy atom. The van der Waals surface area contributed by atoms with Gasteiger partial charge >= 0.3 is 0 Å². The van der Waals surface area contributed by atoms with Crippen LogP contribution in [0.4, 0.5) is 0 Å². The second-order valence-corrected chi connectivity index (χ2v) is 9.96. The van der Waals surface area contributed by atoms with Crippen molar-refractivity contribution in [3.8, 4) is 11.1 Å². The fourth-order valence-corrected chi connectivity index (χ4v) is 4.68. The molecule has 0 aromatic heterocycles. The van der Waals surface area contributed by atoms with Gasteiger partial charge in [-0.1, -0.05) is 44.0 Å². The molecule has 0 spiro atoms. The van der Waals surface area contributed by atoms with Gasteiger partial charge in [0.15, 0.2) is 0 Å². The molecule has 37 heavy (non-hydrogen) atoms. The van der Waals surface area contributed by atoms with Crippen molar-refractivity contribution in [2.24, 2.45) is 0 Å². The van der Waals surface area contributed by atoms with Crippen LogP contribution in [0.25, 0.3) is 11.1 Å². The Morgan fingerprint density at radius 1 is 0.514 bits per heavy atom. The molecule has 2 aromatic rings. The minimum Gasteiger partial charge on any atom is -0.382 e. The summed E-state index contributed by atoms with van der Waals surface area (Å²) in [7, 11) is 3.30. The van der Waals surface area contributed by atoms with Crippen molar-refractivity contribution in [2.45, 2.75) is 5.79 Å². The number of ether oxygens (including phenoxy) is 8. The summed E-state index contributed by atoms with van der Waals surface area (Å²) < 4.78 is 47.3. The van der Waals surface area contributed by atoms with Crippen LogP contribution in [0.15, 0.2) is 45.3 Å². The van der Waals surface area contributed by atoms with Crippen LogP contribution in [0.1, 0.15) is 11.1 Å². The Kier molecular flexibility index (Phi) is 14.0. The molecular formula is C27H36Br2O8. The molecule has 1 aliphatic carbocycles. The highest BCUT2D eigenvalue weighted by molar-refractivity contribution is 9.10.